The number of rotatable bonds is 8. The average molecular weight is 348 g/mol. The second kappa shape index (κ2) is 9.30. The van der Waals surface area contributed by atoms with Crippen LogP contribution >= 0.6 is 11.3 Å². The number of hydrogen-bond acceptors (Lipinski definition) is 4. The Kier molecular flexibility index (Phi) is 7.08. The van der Waals surface area contributed by atoms with Crippen LogP contribution in [0, 0.1) is 6.92 Å². The van der Waals surface area contributed by atoms with E-state index in [0.29, 0.717) is 19.7 Å². The first kappa shape index (κ1) is 18.3. The van der Waals surface area contributed by atoms with Crippen molar-refractivity contribution in [2.24, 2.45) is 0 Å². The van der Waals surface area contributed by atoms with Crippen LogP contribution < -0.4 is 10.1 Å². The van der Waals surface area contributed by atoms with Crippen molar-refractivity contribution in [2.45, 2.75) is 26.9 Å². The molecule has 0 saturated heterocycles. The number of carbonyl (C=O) groups excluding carboxylic acids is 1. The van der Waals surface area contributed by atoms with Crippen LogP contribution in [-0.2, 0) is 13.1 Å². The molecule has 2 amide bonds. The second-order valence-electron chi connectivity index (χ2n) is 5.40. The highest BCUT2D eigenvalue weighted by Gasteiger charge is 2.14. The molecule has 0 aliphatic heterocycles. The molecule has 0 spiro atoms. The number of aliphatic hydroxyl groups is 1. The Morgan fingerprint density at radius 1 is 1.33 bits per heavy atom. The van der Waals surface area contributed by atoms with Gasteiger partial charge in [0.15, 0.2) is 0 Å². The molecule has 2 aromatic rings. The molecule has 24 heavy (non-hydrogen) atoms. The molecule has 1 aromatic carbocycles. The highest BCUT2D eigenvalue weighted by Crippen LogP contribution is 2.16. The Morgan fingerprint density at radius 2 is 2.17 bits per heavy atom. The molecule has 130 valence electrons. The molecule has 2 N–H and O–H groups in total. The van der Waals surface area contributed by atoms with Crippen molar-refractivity contribution in [1.82, 2.24) is 10.2 Å². The normalized spacial score (nSPS) is 10.5. The molecule has 0 aliphatic carbocycles. The molecule has 6 heteroatoms. The molecule has 0 radical (unpaired) electrons. The molecule has 0 fully saturated rings. The Bertz CT molecular complexity index is 657. The zero-order valence-corrected chi connectivity index (χ0v) is 14.9. The van der Waals surface area contributed by atoms with E-state index in [2.05, 4.69) is 5.32 Å². The summed E-state index contributed by atoms with van der Waals surface area (Å²) in [5.74, 6) is 0.786. The minimum absolute atomic E-state index is 0.0727. The summed E-state index contributed by atoms with van der Waals surface area (Å²) in [4.78, 5) is 16.3. The van der Waals surface area contributed by atoms with Crippen molar-refractivity contribution in [3.05, 3.63) is 51.7 Å². The first-order chi connectivity index (χ1) is 11.6. The lowest BCUT2D eigenvalue weighted by Crippen LogP contribution is -2.40. The monoisotopic (exact) mass is 348 g/mol. The number of amides is 2. The van der Waals surface area contributed by atoms with Crippen molar-refractivity contribution in [3.63, 3.8) is 0 Å². The van der Waals surface area contributed by atoms with Gasteiger partial charge in [0.1, 0.15) is 5.75 Å². The predicted octanol–water partition coefficient (Wildman–Crippen LogP) is 3.16. The van der Waals surface area contributed by atoms with Gasteiger partial charge in [-0.05, 0) is 43.7 Å². The van der Waals surface area contributed by atoms with E-state index in [1.54, 1.807) is 16.2 Å². The molecule has 5 nitrogen and oxygen atoms in total. The number of hydrogen-bond donors (Lipinski definition) is 2. The fourth-order valence-electron chi connectivity index (χ4n) is 2.35. The molecule has 0 bridgehead atoms. The zero-order valence-electron chi connectivity index (χ0n) is 14.1. The Balaban J connectivity index is 1.97. The van der Waals surface area contributed by atoms with E-state index < -0.39 is 0 Å². The van der Waals surface area contributed by atoms with Crippen LogP contribution in [0.25, 0.3) is 0 Å². The van der Waals surface area contributed by atoms with Gasteiger partial charge in [0, 0.05) is 22.8 Å². The summed E-state index contributed by atoms with van der Waals surface area (Å²) >= 11 is 1.67. The fourth-order valence-corrected chi connectivity index (χ4v) is 3.18. The largest absolute Gasteiger partial charge is 0.494 e. The lowest BCUT2D eigenvalue weighted by atomic mass is 10.2. The van der Waals surface area contributed by atoms with Crippen molar-refractivity contribution >= 4 is 17.4 Å². The topological polar surface area (TPSA) is 61.8 Å². The van der Waals surface area contributed by atoms with Gasteiger partial charge in [-0.1, -0.05) is 12.1 Å². The molecule has 1 heterocycles. The van der Waals surface area contributed by atoms with Gasteiger partial charge in [-0.2, -0.15) is 0 Å². The van der Waals surface area contributed by atoms with Gasteiger partial charge in [0.05, 0.1) is 19.8 Å². The number of benzene rings is 1. The van der Waals surface area contributed by atoms with Gasteiger partial charge < -0.3 is 20.1 Å². The molecule has 0 aliphatic rings. The minimum atomic E-state index is -0.183. The molecule has 0 saturated carbocycles. The van der Waals surface area contributed by atoms with E-state index in [0.717, 1.165) is 16.2 Å². The Labute approximate surface area is 146 Å². The van der Waals surface area contributed by atoms with Gasteiger partial charge >= 0.3 is 6.03 Å². The molecule has 2 rings (SSSR count). The third kappa shape index (κ3) is 5.54. The number of aryl methyl sites for hydroxylation is 1. The van der Waals surface area contributed by atoms with Crippen LogP contribution in [0.15, 0.2) is 36.4 Å². The Hall–Kier alpha value is -2.05. The summed E-state index contributed by atoms with van der Waals surface area (Å²) in [7, 11) is 0. The summed E-state index contributed by atoms with van der Waals surface area (Å²) in [6.45, 7) is 5.72. The number of nitrogens with zero attached hydrogens (tertiary/aromatic N) is 1. The third-order valence-electron chi connectivity index (χ3n) is 3.45. The van der Waals surface area contributed by atoms with Crippen LogP contribution in [0.1, 0.15) is 22.2 Å². The standard InChI is InChI=1S/C18H24N2O3S/c1-3-23-16-6-4-5-15(11-16)13-20(9-10-21)18(22)19-12-17-8-7-14(2)24-17/h4-8,11,21H,3,9-10,12-13H2,1-2H3,(H,19,22). The van der Waals surface area contributed by atoms with E-state index in [1.807, 2.05) is 50.2 Å². The number of aliphatic hydroxyl groups excluding tert-OH is 1. The first-order valence-electron chi connectivity index (χ1n) is 8.03. The molecule has 0 atom stereocenters. The van der Waals surface area contributed by atoms with Crippen LogP contribution in [0.2, 0.25) is 0 Å². The lowest BCUT2D eigenvalue weighted by molar-refractivity contribution is 0.173. The zero-order chi connectivity index (χ0) is 17.4. The number of ether oxygens (including phenoxy) is 1. The highest BCUT2D eigenvalue weighted by atomic mass is 32.1. The lowest BCUT2D eigenvalue weighted by Gasteiger charge is -2.22. The summed E-state index contributed by atoms with van der Waals surface area (Å²) in [5.41, 5.74) is 0.969. The van der Waals surface area contributed by atoms with Crippen LogP contribution in [0.5, 0.6) is 5.75 Å². The second-order valence-corrected chi connectivity index (χ2v) is 6.77. The van der Waals surface area contributed by atoms with Crippen LogP contribution in [0.3, 0.4) is 0 Å². The average Bonchev–Trinajstić information content (AvgIpc) is 2.98. The third-order valence-corrected chi connectivity index (χ3v) is 4.45. The van der Waals surface area contributed by atoms with E-state index in [9.17, 15) is 9.90 Å². The summed E-state index contributed by atoms with van der Waals surface area (Å²) in [6.07, 6.45) is 0. The summed E-state index contributed by atoms with van der Waals surface area (Å²) in [6, 6.07) is 11.5. The van der Waals surface area contributed by atoms with Gasteiger partial charge in [0.2, 0.25) is 0 Å². The van der Waals surface area contributed by atoms with Crippen molar-refractivity contribution in [1.29, 1.82) is 0 Å². The summed E-state index contributed by atoms with van der Waals surface area (Å²) in [5, 5.41) is 12.2. The SMILES string of the molecule is CCOc1cccc(CN(CCO)C(=O)NCc2ccc(C)s2)c1. The van der Waals surface area contributed by atoms with Gasteiger partial charge in [-0.15, -0.1) is 11.3 Å². The first-order valence-corrected chi connectivity index (χ1v) is 8.84. The fraction of sp³-hybridized carbons (Fsp3) is 0.389. The smallest absolute Gasteiger partial charge is 0.318 e. The minimum Gasteiger partial charge on any atom is -0.494 e. The van der Waals surface area contributed by atoms with E-state index in [1.165, 1.54) is 4.88 Å². The van der Waals surface area contributed by atoms with Crippen LogP contribution in [-0.4, -0.2) is 35.8 Å². The van der Waals surface area contributed by atoms with E-state index in [4.69, 9.17) is 4.74 Å². The van der Waals surface area contributed by atoms with Gasteiger partial charge in [-0.3, -0.25) is 0 Å². The number of urea groups is 1. The van der Waals surface area contributed by atoms with Gasteiger partial charge in [-0.25, -0.2) is 4.79 Å². The van der Waals surface area contributed by atoms with Crippen molar-refractivity contribution < 1.29 is 14.6 Å². The summed E-state index contributed by atoms with van der Waals surface area (Å²) < 4.78 is 5.49. The molecular formula is C18H24N2O3S. The number of thiophene rings is 1. The predicted molar refractivity (Wildman–Crippen MR) is 96.4 cm³/mol. The highest BCUT2D eigenvalue weighted by molar-refractivity contribution is 7.11. The molecule has 1 aromatic heterocycles. The maximum Gasteiger partial charge on any atom is 0.318 e. The van der Waals surface area contributed by atoms with Crippen molar-refractivity contribution in [2.75, 3.05) is 19.8 Å². The molecule has 0 unspecified atom stereocenters. The molecular weight excluding hydrogens is 324 g/mol. The van der Waals surface area contributed by atoms with Crippen molar-refractivity contribution in [3.8, 4) is 5.75 Å². The van der Waals surface area contributed by atoms with E-state index in [-0.39, 0.29) is 19.2 Å². The van der Waals surface area contributed by atoms with E-state index >= 15 is 0 Å². The quantitative estimate of drug-likeness (QED) is 0.770. The maximum atomic E-state index is 12.4. The van der Waals surface area contributed by atoms with Crippen LogP contribution in [0.4, 0.5) is 4.79 Å². The van der Waals surface area contributed by atoms with Gasteiger partial charge in [0.25, 0.3) is 0 Å². The maximum absolute atomic E-state index is 12.4. The number of nitrogens with one attached hydrogen (secondary N) is 1. The Morgan fingerprint density at radius 3 is 2.83 bits per heavy atom. The number of carbonyl (C=O) groups is 1.